The number of benzene rings is 1. The Bertz CT molecular complexity index is 634. The number of hydrogen-bond acceptors (Lipinski definition) is 3. The summed E-state index contributed by atoms with van der Waals surface area (Å²) in [5, 5.41) is 2.80. The summed E-state index contributed by atoms with van der Waals surface area (Å²) >= 11 is 5.87. The number of nitrogens with one attached hydrogen (secondary N) is 1. The number of carbonyl (C=O) groups is 1. The molecule has 0 bridgehead atoms. The predicted octanol–water partition coefficient (Wildman–Crippen LogP) is 3.53. The highest BCUT2D eigenvalue weighted by atomic mass is 35.5. The third-order valence-corrected chi connectivity index (χ3v) is 2.81. The van der Waals surface area contributed by atoms with E-state index in [1.165, 1.54) is 30.6 Å². The standard InChI is InChI=1S/C14H12ClFN2O2/c1-2-20-13-4-3-9(7-12(13)16)18-14(19)10-5-6-17-8-11(10)15/h3-8H,2H2,1H3,(H,18,19). The van der Waals surface area contributed by atoms with E-state index in [1.807, 2.05) is 0 Å². The van der Waals surface area contributed by atoms with Crippen LogP contribution in [0.3, 0.4) is 0 Å². The van der Waals surface area contributed by atoms with Gasteiger partial charge in [0.25, 0.3) is 5.91 Å². The molecule has 0 saturated carbocycles. The number of carbonyl (C=O) groups excluding carboxylic acids is 1. The summed E-state index contributed by atoms with van der Waals surface area (Å²) in [7, 11) is 0. The van der Waals surface area contributed by atoms with Crippen LogP contribution in [0.25, 0.3) is 0 Å². The average molecular weight is 295 g/mol. The van der Waals surface area contributed by atoms with E-state index < -0.39 is 11.7 Å². The lowest BCUT2D eigenvalue weighted by Gasteiger charge is -2.09. The number of hydrogen-bond donors (Lipinski definition) is 1. The molecule has 0 unspecified atom stereocenters. The molecule has 0 aliphatic rings. The molecular formula is C14H12ClFN2O2. The molecule has 1 aromatic heterocycles. The zero-order valence-corrected chi connectivity index (χ0v) is 11.4. The molecule has 2 rings (SSSR count). The van der Waals surface area contributed by atoms with E-state index in [-0.39, 0.29) is 16.3 Å². The second-order valence-electron chi connectivity index (χ2n) is 3.89. The van der Waals surface area contributed by atoms with Gasteiger partial charge >= 0.3 is 0 Å². The van der Waals surface area contributed by atoms with Crippen LogP contribution < -0.4 is 10.1 Å². The monoisotopic (exact) mass is 294 g/mol. The molecule has 104 valence electrons. The summed E-state index contributed by atoms with van der Waals surface area (Å²) in [6.45, 7) is 2.13. The first-order valence-electron chi connectivity index (χ1n) is 5.95. The van der Waals surface area contributed by atoms with Crippen molar-refractivity contribution >= 4 is 23.2 Å². The molecule has 0 aliphatic heterocycles. The van der Waals surface area contributed by atoms with Crippen LogP contribution in [0.2, 0.25) is 5.02 Å². The number of pyridine rings is 1. The van der Waals surface area contributed by atoms with E-state index in [2.05, 4.69) is 10.3 Å². The Morgan fingerprint density at radius 1 is 1.45 bits per heavy atom. The normalized spacial score (nSPS) is 10.2. The van der Waals surface area contributed by atoms with E-state index in [1.54, 1.807) is 13.0 Å². The van der Waals surface area contributed by atoms with Crippen LogP contribution in [0, 0.1) is 5.82 Å². The molecule has 1 N–H and O–H groups in total. The van der Waals surface area contributed by atoms with Gasteiger partial charge in [-0.25, -0.2) is 4.39 Å². The number of aromatic nitrogens is 1. The molecule has 2 aromatic rings. The molecular weight excluding hydrogens is 283 g/mol. The molecule has 1 amide bonds. The second-order valence-corrected chi connectivity index (χ2v) is 4.30. The van der Waals surface area contributed by atoms with Gasteiger partial charge in [0.1, 0.15) is 0 Å². The summed E-state index contributed by atoms with van der Waals surface area (Å²) < 4.78 is 18.7. The van der Waals surface area contributed by atoms with E-state index in [0.29, 0.717) is 12.3 Å². The van der Waals surface area contributed by atoms with E-state index in [4.69, 9.17) is 16.3 Å². The van der Waals surface area contributed by atoms with Crippen molar-refractivity contribution in [2.45, 2.75) is 6.92 Å². The largest absolute Gasteiger partial charge is 0.491 e. The molecule has 20 heavy (non-hydrogen) atoms. The molecule has 1 heterocycles. The van der Waals surface area contributed by atoms with E-state index in [0.717, 1.165) is 0 Å². The number of ether oxygens (including phenoxy) is 1. The first kappa shape index (κ1) is 14.3. The van der Waals surface area contributed by atoms with Crippen molar-refractivity contribution in [1.29, 1.82) is 0 Å². The van der Waals surface area contributed by atoms with Crippen LogP contribution in [-0.4, -0.2) is 17.5 Å². The van der Waals surface area contributed by atoms with Crippen LogP contribution in [-0.2, 0) is 0 Å². The maximum absolute atomic E-state index is 13.7. The van der Waals surface area contributed by atoms with Crippen molar-refractivity contribution in [3.63, 3.8) is 0 Å². The summed E-state index contributed by atoms with van der Waals surface area (Å²) in [5.74, 6) is -0.820. The van der Waals surface area contributed by atoms with Crippen LogP contribution in [0.15, 0.2) is 36.7 Å². The highest BCUT2D eigenvalue weighted by Gasteiger charge is 2.11. The predicted molar refractivity (Wildman–Crippen MR) is 74.8 cm³/mol. The number of halogens is 2. The smallest absolute Gasteiger partial charge is 0.257 e. The Kier molecular flexibility index (Phi) is 4.53. The summed E-state index contributed by atoms with van der Waals surface area (Å²) in [6, 6.07) is 5.70. The Balaban J connectivity index is 2.16. The highest BCUT2D eigenvalue weighted by molar-refractivity contribution is 6.34. The third-order valence-electron chi connectivity index (χ3n) is 2.51. The molecule has 0 atom stereocenters. The molecule has 6 heteroatoms. The Labute approximate surface area is 120 Å². The van der Waals surface area contributed by atoms with Crippen molar-refractivity contribution in [3.8, 4) is 5.75 Å². The lowest BCUT2D eigenvalue weighted by molar-refractivity contribution is 0.102. The van der Waals surface area contributed by atoms with Crippen molar-refractivity contribution in [2.24, 2.45) is 0 Å². The summed E-state index contributed by atoms with van der Waals surface area (Å²) in [5.41, 5.74) is 0.597. The molecule has 0 saturated heterocycles. The first-order chi connectivity index (χ1) is 9.61. The van der Waals surface area contributed by atoms with Crippen LogP contribution in [0.5, 0.6) is 5.75 Å². The Hall–Kier alpha value is -2.14. The van der Waals surface area contributed by atoms with Gasteiger partial charge in [0, 0.05) is 24.1 Å². The van der Waals surface area contributed by atoms with Gasteiger partial charge in [-0.2, -0.15) is 0 Å². The quantitative estimate of drug-likeness (QED) is 0.938. The number of nitrogens with zero attached hydrogens (tertiary/aromatic N) is 1. The van der Waals surface area contributed by atoms with Gasteiger partial charge in [0.2, 0.25) is 0 Å². The minimum absolute atomic E-state index is 0.146. The lowest BCUT2D eigenvalue weighted by Crippen LogP contribution is -2.12. The van der Waals surface area contributed by atoms with Crippen LogP contribution >= 0.6 is 11.6 Å². The van der Waals surface area contributed by atoms with Gasteiger partial charge in [-0.3, -0.25) is 9.78 Å². The maximum atomic E-state index is 13.7. The SMILES string of the molecule is CCOc1ccc(NC(=O)c2ccncc2Cl)cc1F. The van der Waals surface area contributed by atoms with Gasteiger partial charge in [0.15, 0.2) is 11.6 Å². The first-order valence-corrected chi connectivity index (χ1v) is 6.33. The minimum atomic E-state index is -0.537. The van der Waals surface area contributed by atoms with Gasteiger partial charge in [0.05, 0.1) is 17.2 Å². The molecule has 1 aromatic carbocycles. The Morgan fingerprint density at radius 2 is 2.25 bits per heavy atom. The van der Waals surface area contributed by atoms with Crippen molar-refractivity contribution in [3.05, 3.63) is 53.1 Å². The number of anilines is 1. The fourth-order valence-electron chi connectivity index (χ4n) is 1.61. The van der Waals surface area contributed by atoms with Crippen LogP contribution in [0.4, 0.5) is 10.1 Å². The van der Waals surface area contributed by atoms with Crippen molar-refractivity contribution in [2.75, 3.05) is 11.9 Å². The molecule has 0 fully saturated rings. The maximum Gasteiger partial charge on any atom is 0.257 e. The van der Waals surface area contributed by atoms with Gasteiger partial charge < -0.3 is 10.1 Å². The second kappa shape index (κ2) is 6.34. The molecule has 0 radical (unpaired) electrons. The van der Waals surface area contributed by atoms with Crippen LogP contribution in [0.1, 0.15) is 17.3 Å². The molecule has 0 spiro atoms. The van der Waals surface area contributed by atoms with E-state index in [9.17, 15) is 9.18 Å². The summed E-state index contributed by atoms with van der Waals surface area (Å²) in [4.78, 5) is 15.8. The molecule has 0 aliphatic carbocycles. The number of amides is 1. The van der Waals surface area contributed by atoms with E-state index >= 15 is 0 Å². The topological polar surface area (TPSA) is 51.2 Å². The van der Waals surface area contributed by atoms with Gasteiger partial charge in [-0.15, -0.1) is 0 Å². The minimum Gasteiger partial charge on any atom is -0.491 e. The third kappa shape index (κ3) is 3.24. The van der Waals surface area contributed by atoms with Gasteiger partial charge in [-0.1, -0.05) is 11.6 Å². The zero-order valence-electron chi connectivity index (χ0n) is 10.7. The lowest BCUT2D eigenvalue weighted by atomic mass is 10.2. The highest BCUT2D eigenvalue weighted by Crippen LogP contribution is 2.22. The van der Waals surface area contributed by atoms with Crippen molar-refractivity contribution < 1.29 is 13.9 Å². The fourth-order valence-corrected chi connectivity index (χ4v) is 1.81. The Morgan fingerprint density at radius 3 is 2.90 bits per heavy atom. The van der Waals surface area contributed by atoms with Crippen molar-refractivity contribution in [1.82, 2.24) is 4.98 Å². The number of rotatable bonds is 4. The average Bonchev–Trinajstić information content (AvgIpc) is 2.42. The zero-order chi connectivity index (χ0) is 14.5. The van der Waals surface area contributed by atoms with Gasteiger partial charge in [-0.05, 0) is 25.1 Å². The fraction of sp³-hybridized carbons (Fsp3) is 0.143. The summed E-state index contributed by atoms with van der Waals surface area (Å²) in [6.07, 6.45) is 2.83. The molecule has 4 nitrogen and oxygen atoms in total.